The first kappa shape index (κ1) is 39.3. The van der Waals surface area contributed by atoms with Crippen LogP contribution in [-0.4, -0.2) is 19.6 Å². The summed E-state index contributed by atoms with van der Waals surface area (Å²) in [6.07, 6.45) is 2.82. The van der Waals surface area contributed by atoms with Crippen molar-refractivity contribution in [2.24, 2.45) is 0 Å². The average molecular weight is 814 g/mol. The second kappa shape index (κ2) is 16.6. The molecule has 10 rings (SSSR count). The van der Waals surface area contributed by atoms with Gasteiger partial charge in [-0.1, -0.05) is 172 Å². The molecule has 1 N–H and O–H groups in total. The lowest BCUT2D eigenvalue weighted by atomic mass is 9.83. The molecule has 0 aliphatic rings. The molecule has 10 aromatic rings. The predicted octanol–water partition coefficient (Wildman–Crippen LogP) is 15.0. The molecule has 0 aliphatic heterocycles. The van der Waals surface area contributed by atoms with Crippen LogP contribution in [0.25, 0.3) is 83.9 Å². The van der Waals surface area contributed by atoms with Crippen molar-refractivity contribution in [1.29, 1.82) is 0 Å². The Morgan fingerprint density at radius 2 is 1.06 bits per heavy atom. The SMILES string of the molecule is CC(C)(C)c1cc(-c2cc(-c3ccc(Cc4ccccc4)cc3)ccn2)cc(-c2cccc3c2nc(-c2ccccc2O)n3-c2ccc(-c3ccccc3)cc2-c2ccccc2)c1. The Kier molecular flexibility index (Phi) is 10.3. The fraction of sp³-hybridized carbons (Fsp3) is 0.0847. The summed E-state index contributed by atoms with van der Waals surface area (Å²) in [4.78, 5) is 10.4. The highest BCUT2D eigenvalue weighted by molar-refractivity contribution is 5.98. The third-order valence-corrected chi connectivity index (χ3v) is 12.0. The number of phenols is 1. The minimum atomic E-state index is -0.143. The number of nitrogens with zero attached hydrogens (tertiary/aromatic N) is 3. The van der Waals surface area contributed by atoms with Gasteiger partial charge in [0.2, 0.25) is 0 Å². The first-order valence-electron chi connectivity index (χ1n) is 21.6. The highest BCUT2D eigenvalue weighted by Crippen LogP contribution is 2.42. The monoisotopic (exact) mass is 813 g/mol. The van der Waals surface area contributed by atoms with Crippen molar-refractivity contribution >= 4 is 11.0 Å². The van der Waals surface area contributed by atoms with Gasteiger partial charge in [-0.2, -0.15) is 0 Å². The van der Waals surface area contributed by atoms with Gasteiger partial charge in [0.15, 0.2) is 0 Å². The van der Waals surface area contributed by atoms with Gasteiger partial charge in [0.05, 0.1) is 28.0 Å². The summed E-state index contributed by atoms with van der Waals surface area (Å²) in [5.41, 5.74) is 17.8. The number of fused-ring (bicyclic) bond motifs is 1. The molecule has 0 saturated carbocycles. The quantitative estimate of drug-likeness (QED) is 0.158. The number of rotatable bonds is 9. The topological polar surface area (TPSA) is 50.9 Å². The lowest BCUT2D eigenvalue weighted by Crippen LogP contribution is -2.11. The molecule has 0 atom stereocenters. The number of hydrogen-bond donors (Lipinski definition) is 1. The maximum absolute atomic E-state index is 11.4. The molecular weight excluding hydrogens is 767 g/mol. The Morgan fingerprint density at radius 1 is 0.460 bits per heavy atom. The summed E-state index contributed by atoms with van der Waals surface area (Å²) in [6, 6.07) is 72.2. The molecule has 63 heavy (non-hydrogen) atoms. The van der Waals surface area contributed by atoms with E-state index in [0.29, 0.717) is 11.4 Å². The normalized spacial score (nSPS) is 11.5. The van der Waals surface area contributed by atoms with E-state index < -0.39 is 0 Å². The lowest BCUT2D eigenvalue weighted by Gasteiger charge is -2.22. The fourth-order valence-electron chi connectivity index (χ4n) is 8.59. The molecule has 0 radical (unpaired) electrons. The van der Waals surface area contributed by atoms with E-state index in [1.807, 2.05) is 36.5 Å². The van der Waals surface area contributed by atoms with Crippen molar-refractivity contribution in [2.45, 2.75) is 32.6 Å². The minimum Gasteiger partial charge on any atom is -0.507 e. The molecule has 0 unspecified atom stereocenters. The summed E-state index contributed by atoms with van der Waals surface area (Å²) in [5, 5.41) is 11.4. The maximum atomic E-state index is 11.4. The molecule has 0 bridgehead atoms. The van der Waals surface area contributed by atoms with Gasteiger partial charge in [0.25, 0.3) is 0 Å². The van der Waals surface area contributed by atoms with Crippen molar-refractivity contribution in [3.05, 3.63) is 229 Å². The molecule has 4 nitrogen and oxygen atoms in total. The van der Waals surface area contributed by atoms with Gasteiger partial charge in [-0.05, 0) is 117 Å². The summed E-state index contributed by atoms with van der Waals surface area (Å²) in [7, 11) is 0. The first-order chi connectivity index (χ1) is 30.8. The summed E-state index contributed by atoms with van der Waals surface area (Å²) >= 11 is 0. The number of para-hydroxylation sites is 2. The van der Waals surface area contributed by atoms with E-state index in [9.17, 15) is 5.11 Å². The Balaban J connectivity index is 1.13. The van der Waals surface area contributed by atoms with Crippen LogP contribution in [0.5, 0.6) is 5.75 Å². The summed E-state index contributed by atoms with van der Waals surface area (Å²) < 4.78 is 2.22. The van der Waals surface area contributed by atoms with Crippen molar-refractivity contribution in [3.8, 4) is 78.6 Å². The van der Waals surface area contributed by atoms with Gasteiger partial charge in [0, 0.05) is 22.9 Å². The molecule has 0 spiro atoms. The van der Waals surface area contributed by atoms with E-state index in [2.05, 4.69) is 195 Å². The van der Waals surface area contributed by atoms with Crippen molar-refractivity contribution in [3.63, 3.8) is 0 Å². The van der Waals surface area contributed by atoms with Gasteiger partial charge in [-0.25, -0.2) is 4.98 Å². The van der Waals surface area contributed by atoms with E-state index in [4.69, 9.17) is 9.97 Å². The number of aromatic nitrogens is 3. The largest absolute Gasteiger partial charge is 0.507 e. The Bertz CT molecular complexity index is 3220. The Labute approximate surface area is 369 Å². The number of imidazole rings is 1. The molecule has 2 heterocycles. The van der Waals surface area contributed by atoms with Gasteiger partial charge in [-0.3, -0.25) is 9.55 Å². The highest BCUT2D eigenvalue weighted by Gasteiger charge is 2.24. The standard InChI is InChI=1S/C59H47N3O/c1-59(2,3)49-36-47(35-48(37-49)53-39-46(32-33-60-53)43-28-26-41(27-29-43)34-40-16-7-4-8-17-40)50-23-15-24-55-57(50)61-58(51-22-13-14-25-56(51)63)62(55)54-31-30-45(42-18-9-5-10-19-42)38-52(54)44-20-11-6-12-21-44/h4-33,35-39,63H,34H2,1-3H3. The van der Waals surface area contributed by atoms with Gasteiger partial charge in [-0.15, -0.1) is 0 Å². The van der Waals surface area contributed by atoms with Crippen LogP contribution in [0.15, 0.2) is 212 Å². The zero-order chi connectivity index (χ0) is 42.9. The molecule has 4 heteroatoms. The van der Waals surface area contributed by atoms with Crippen LogP contribution in [0, 0.1) is 0 Å². The minimum absolute atomic E-state index is 0.143. The molecule has 0 fully saturated rings. The smallest absolute Gasteiger partial charge is 0.149 e. The average Bonchev–Trinajstić information content (AvgIpc) is 3.72. The zero-order valence-electron chi connectivity index (χ0n) is 35.7. The van der Waals surface area contributed by atoms with E-state index >= 15 is 0 Å². The number of aromatic hydroxyl groups is 1. The molecule has 8 aromatic carbocycles. The molecule has 304 valence electrons. The lowest BCUT2D eigenvalue weighted by molar-refractivity contribution is 0.477. The van der Waals surface area contributed by atoms with Crippen LogP contribution in [0.1, 0.15) is 37.5 Å². The Morgan fingerprint density at radius 3 is 1.79 bits per heavy atom. The van der Waals surface area contributed by atoms with Crippen LogP contribution in [0.2, 0.25) is 0 Å². The van der Waals surface area contributed by atoms with Crippen LogP contribution in [0.4, 0.5) is 0 Å². The van der Waals surface area contributed by atoms with E-state index in [1.54, 1.807) is 6.07 Å². The summed E-state index contributed by atoms with van der Waals surface area (Å²) in [6.45, 7) is 6.77. The number of phenolic OH excluding ortho intramolecular Hbond substituents is 1. The molecule has 2 aromatic heterocycles. The van der Waals surface area contributed by atoms with Crippen LogP contribution < -0.4 is 0 Å². The zero-order valence-corrected chi connectivity index (χ0v) is 35.7. The third-order valence-electron chi connectivity index (χ3n) is 12.0. The molecular formula is C59H47N3O. The fourth-order valence-corrected chi connectivity index (χ4v) is 8.59. The molecule has 0 saturated heterocycles. The second-order valence-electron chi connectivity index (χ2n) is 17.3. The third kappa shape index (κ3) is 7.95. The number of benzene rings is 8. The predicted molar refractivity (Wildman–Crippen MR) is 261 cm³/mol. The van der Waals surface area contributed by atoms with Crippen LogP contribution in [0.3, 0.4) is 0 Å². The van der Waals surface area contributed by atoms with Crippen molar-refractivity contribution in [2.75, 3.05) is 0 Å². The van der Waals surface area contributed by atoms with E-state index in [-0.39, 0.29) is 11.2 Å². The Hall–Kier alpha value is -7.82. The van der Waals surface area contributed by atoms with E-state index in [0.717, 1.165) is 78.9 Å². The first-order valence-corrected chi connectivity index (χ1v) is 21.6. The maximum Gasteiger partial charge on any atom is 0.149 e. The van der Waals surface area contributed by atoms with Gasteiger partial charge >= 0.3 is 0 Å². The highest BCUT2D eigenvalue weighted by atomic mass is 16.3. The summed E-state index contributed by atoms with van der Waals surface area (Å²) in [5.74, 6) is 0.836. The number of hydrogen-bond acceptors (Lipinski definition) is 3. The van der Waals surface area contributed by atoms with Crippen molar-refractivity contribution < 1.29 is 5.11 Å². The molecule has 0 aliphatic carbocycles. The van der Waals surface area contributed by atoms with Gasteiger partial charge in [0.1, 0.15) is 11.6 Å². The van der Waals surface area contributed by atoms with Gasteiger partial charge < -0.3 is 5.11 Å². The number of pyridine rings is 1. The molecule has 0 amide bonds. The van der Waals surface area contributed by atoms with Crippen LogP contribution in [-0.2, 0) is 11.8 Å². The second-order valence-corrected chi connectivity index (χ2v) is 17.3. The van der Waals surface area contributed by atoms with E-state index in [1.165, 1.54) is 16.7 Å². The van der Waals surface area contributed by atoms with Crippen LogP contribution >= 0.6 is 0 Å². The van der Waals surface area contributed by atoms with Crippen molar-refractivity contribution in [1.82, 2.24) is 14.5 Å².